The molecule has 0 aromatic rings. The minimum Gasteiger partial charge on any atom is -0.0651 e. The Morgan fingerprint density at radius 1 is 1.08 bits per heavy atom. The zero-order valence-electron chi connectivity index (χ0n) is 9.84. The van der Waals surface area contributed by atoms with Gasteiger partial charge in [-0.05, 0) is 23.7 Å². The Hall–Kier alpha value is 0. The van der Waals surface area contributed by atoms with E-state index >= 15 is 0 Å². The molecular weight excluding hydrogens is 156 g/mol. The normalized spacial score (nSPS) is 24.9. The lowest BCUT2D eigenvalue weighted by atomic mass is 9.67. The van der Waals surface area contributed by atoms with Crippen LogP contribution in [0.25, 0.3) is 0 Å². The summed E-state index contributed by atoms with van der Waals surface area (Å²) < 4.78 is 0. The van der Waals surface area contributed by atoms with Crippen LogP contribution in [0.5, 0.6) is 0 Å². The molecule has 0 heteroatoms. The number of rotatable bonds is 5. The Bertz CT molecular complexity index is 135. The molecule has 0 radical (unpaired) electrons. The Balaban J connectivity index is 2.43. The predicted molar refractivity (Wildman–Crippen MR) is 59.7 cm³/mol. The Kier molecular flexibility index (Phi) is 4.28. The van der Waals surface area contributed by atoms with E-state index in [1.165, 1.54) is 32.1 Å². The molecule has 0 aromatic heterocycles. The quantitative estimate of drug-likeness (QED) is 0.587. The highest BCUT2D eigenvalue weighted by Gasteiger charge is 2.30. The molecule has 1 aliphatic rings. The summed E-state index contributed by atoms with van der Waals surface area (Å²) in [5, 5.41) is 0. The summed E-state index contributed by atoms with van der Waals surface area (Å²) in [5.41, 5.74) is 0. The van der Waals surface area contributed by atoms with Crippen molar-refractivity contribution < 1.29 is 0 Å². The van der Waals surface area contributed by atoms with Crippen LogP contribution in [0.4, 0.5) is 0 Å². The first kappa shape index (κ1) is 11.1. The molecular formula is C13H26. The van der Waals surface area contributed by atoms with Crippen LogP contribution in [0.15, 0.2) is 0 Å². The zero-order chi connectivity index (χ0) is 9.84. The molecule has 0 bridgehead atoms. The highest BCUT2D eigenvalue weighted by molar-refractivity contribution is 4.81. The first-order valence-electron chi connectivity index (χ1n) is 6.20. The maximum absolute atomic E-state index is 2.49. The van der Waals surface area contributed by atoms with E-state index in [0.717, 1.165) is 23.7 Å². The fourth-order valence-corrected chi connectivity index (χ4v) is 2.91. The van der Waals surface area contributed by atoms with Gasteiger partial charge in [0.1, 0.15) is 0 Å². The van der Waals surface area contributed by atoms with Crippen LogP contribution in [-0.2, 0) is 0 Å². The van der Waals surface area contributed by atoms with Crippen molar-refractivity contribution in [2.45, 2.75) is 59.8 Å². The molecule has 0 aromatic carbocycles. The van der Waals surface area contributed by atoms with Crippen molar-refractivity contribution in [1.82, 2.24) is 0 Å². The van der Waals surface area contributed by atoms with Crippen molar-refractivity contribution in [2.24, 2.45) is 23.7 Å². The van der Waals surface area contributed by atoms with Gasteiger partial charge >= 0.3 is 0 Å². The van der Waals surface area contributed by atoms with Crippen LogP contribution in [0.2, 0.25) is 0 Å². The van der Waals surface area contributed by atoms with E-state index in [-0.39, 0.29) is 0 Å². The molecule has 78 valence electrons. The first-order valence-corrected chi connectivity index (χ1v) is 6.20. The van der Waals surface area contributed by atoms with Gasteiger partial charge in [-0.1, -0.05) is 59.8 Å². The Labute approximate surface area is 84.1 Å². The summed E-state index contributed by atoms with van der Waals surface area (Å²) in [6, 6.07) is 0. The molecule has 0 saturated heterocycles. The van der Waals surface area contributed by atoms with Gasteiger partial charge in [0, 0.05) is 0 Å². The monoisotopic (exact) mass is 182 g/mol. The van der Waals surface area contributed by atoms with Crippen LogP contribution in [0.1, 0.15) is 59.8 Å². The molecule has 0 amide bonds. The van der Waals surface area contributed by atoms with E-state index in [2.05, 4.69) is 27.7 Å². The van der Waals surface area contributed by atoms with Crippen LogP contribution >= 0.6 is 0 Å². The van der Waals surface area contributed by atoms with E-state index in [4.69, 9.17) is 0 Å². The number of hydrogen-bond acceptors (Lipinski definition) is 0. The third kappa shape index (κ3) is 2.48. The second-order valence-electron chi connectivity index (χ2n) is 5.01. The van der Waals surface area contributed by atoms with Crippen molar-refractivity contribution in [2.75, 3.05) is 0 Å². The van der Waals surface area contributed by atoms with Gasteiger partial charge in [0.15, 0.2) is 0 Å². The summed E-state index contributed by atoms with van der Waals surface area (Å²) >= 11 is 0. The lowest BCUT2D eigenvalue weighted by Gasteiger charge is -2.38. The van der Waals surface area contributed by atoms with Gasteiger partial charge in [0.2, 0.25) is 0 Å². The standard InChI is InChI=1S/C13H26/c1-5-10(3)13(6-2)11(4)12-8-7-9-12/h10-13H,5-9H2,1-4H3. The SMILES string of the molecule is CCC(C)C(CC)C(C)C1CCC1. The van der Waals surface area contributed by atoms with Gasteiger partial charge in [-0.2, -0.15) is 0 Å². The predicted octanol–water partition coefficient (Wildman–Crippen LogP) is 4.49. The molecule has 3 unspecified atom stereocenters. The maximum Gasteiger partial charge on any atom is -0.0363 e. The lowest BCUT2D eigenvalue weighted by molar-refractivity contribution is 0.118. The summed E-state index contributed by atoms with van der Waals surface area (Å²) in [5.74, 6) is 3.96. The zero-order valence-corrected chi connectivity index (χ0v) is 9.84. The molecule has 1 saturated carbocycles. The molecule has 1 rings (SSSR count). The van der Waals surface area contributed by atoms with E-state index in [0.29, 0.717) is 0 Å². The van der Waals surface area contributed by atoms with Gasteiger partial charge in [0.05, 0.1) is 0 Å². The minimum atomic E-state index is 0.931. The molecule has 0 nitrogen and oxygen atoms in total. The molecule has 1 fully saturated rings. The fourth-order valence-electron chi connectivity index (χ4n) is 2.91. The third-order valence-electron chi connectivity index (χ3n) is 4.42. The van der Waals surface area contributed by atoms with Crippen molar-refractivity contribution >= 4 is 0 Å². The molecule has 0 heterocycles. The molecule has 1 aliphatic carbocycles. The van der Waals surface area contributed by atoms with E-state index in [1.54, 1.807) is 0 Å². The second kappa shape index (κ2) is 5.02. The van der Waals surface area contributed by atoms with Crippen LogP contribution < -0.4 is 0 Å². The van der Waals surface area contributed by atoms with Crippen molar-refractivity contribution in [1.29, 1.82) is 0 Å². The smallest absolute Gasteiger partial charge is 0.0363 e. The highest BCUT2D eigenvalue weighted by atomic mass is 14.4. The first-order chi connectivity index (χ1) is 6.20. The van der Waals surface area contributed by atoms with E-state index in [9.17, 15) is 0 Å². The largest absolute Gasteiger partial charge is 0.0651 e. The average molecular weight is 182 g/mol. The Morgan fingerprint density at radius 2 is 1.69 bits per heavy atom. The van der Waals surface area contributed by atoms with Crippen LogP contribution in [0.3, 0.4) is 0 Å². The molecule has 3 atom stereocenters. The van der Waals surface area contributed by atoms with Crippen molar-refractivity contribution in [3.63, 3.8) is 0 Å². The molecule has 0 spiro atoms. The minimum absolute atomic E-state index is 0.931. The van der Waals surface area contributed by atoms with E-state index < -0.39 is 0 Å². The molecule has 0 aliphatic heterocycles. The van der Waals surface area contributed by atoms with Gasteiger partial charge < -0.3 is 0 Å². The van der Waals surface area contributed by atoms with Crippen molar-refractivity contribution in [3.8, 4) is 0 Å². The van der Waals surface area contributed by atoms with Gasteiger partial charge in [-0.3, -0.25) is 0 Å². The fraction of sp³-hybridized carbons (Fsp3) is 1.00. The molecule has 13 heavy (non-hydrogen) atoms. The summed E-state index contributed by atoms with van der Waals surface area (Å²) in [6.45, 7) is 9.63. The third-order valence-corrected chi connectivity index (χ3v) is 4.42. The lowest BCUT2D eigenvalue weighted by Crippen LogP contribution is -2.29. The summed E-state index contributed by atoms with van der Waals surface area (Å²) in [6.07, 6.45) is 7.25. The summed E-state index contributed by atoms with van der Waals surface area (Å²) in [4.78, 5) is 0. The summed E-state index contributed by atoms with van der Waals surface area (Å²) in [7, 11) is 0. The topological polar surface area (TPSA) is 0 Å². The maximum atomic E-state index is 2.49. The second-order valence-corrected chi connectivity index (χ2v) is 5.01. The van der Waals surface area contributed by atoms with Gasteiger partial charge in [0.25, 0.3) is 0 Å². The van der Waals surface area contributed by atoms with Crippen molar-refractivity contribution in [3.05, 3.63) is 0 Å². The highest BCUT2D eigenvalue weighted by Crippen LogP contribution is 2.41. The van der Waals surface area contributed by atoms with E-state index in [1.807, 2.05) is 0 Å². The Morgan fingerprint density at radius 3 is 2.00 bits per heavy atom. The molecule has 0 N–H and O–H groups in total. The van der Waals surface area contributed by atoms with Gasteiger partial charge in [-0.25, -0.2) is 0 Å². The van der Waals surface area contributed by atoms with Crippen LogP contribution in [0, 0.1) is 23.7 Å². The number of hydrogen-bond donors (Lipinski definition) is 0. The van der Waals surface area contributed by atoms with Crippen LogP contribution in [-0.4, -0.2) is 0 Å². The average Bonchev–Trinajstić information content (AvgIpc) is 2.02. The van der Waals surface area contributed by atoms with Gasteiger partial charge in [-0.15, -0.1) is 0 Å².